The van der Waals surface area contributed by atoms with E-state index in [-0.39, 0.29) is 6.10 Å². The third-order valence-corrected chi connectivity index (χ3v) is 1.13. The van der Waals surface area contributed by atoms with Gasteiger partial charge in [0.15, 0.2) is 0 Å². The Kier molecular flexibility index (Phi) is 1.37. The fraction of sp³-hybridized carbons (Fsp3) is 0.800. The third kappa shape index (κ3) is 1.12. The van der Waals surface area contributed by atoms with E-state index in [0.29, 0.717) is 6.02 Å². The van der Waals surface area contributed by atoms with Crippen LogP contribution in [0.3, 0.4) is 0 Å². The number of ether oxygens (including phenoxy) is 1. The van der Waals surface area contributed by atoms with Gasteiger partial charge in [0.05, 0.1) is 0 Å². The van der Waals surface area contributed by atoms with Crippen molar-refractivity contribution in [1.82, 2.24) is 0 Å². The maximum Gasteiger partial charge on any atom is 0.282 e. The zero-order valence-corrected chi connectivity index (χ0v) is 4.92. The quantitative estimate of drug-likeness (QED) is 0.486. The standard InChI is InChI=1S/C5H10N2O/c1-4-2-3-7-5(6)8-4/h4H,2-3H2,1H3,(H2,6,7). The summed E-state index contributed by atoms with van der Waals surface area (Å²) < 4.78 is 5.01. The second-order valence-electron chi connectivity index (χ2n) is 1.94. The molecule has 8 heavy (non-hydrogen) atoms. The van der Waals surface area contributed by atoms with Crippen molar-refractivity contribution in [1.29, 1.82) is 0 Å². The Morgan fingerprint density at radius 2 is 2.62 bits per heavy atom. The van der Waals surface area contributed by atoms with Crippen molar-refractivity contribution < 1.29 is 4.74 Å². The van der Waals surface area contributed by atoms with Gasteiger partial charge < -0.3 is 10.5 Å². The summed E-state index contributed by atoms with van der Waals surface area (Å²) in [6.07, 6.45) is 1.24. The molecule has 3 heteroatoms. The van der Waals surface area contributed by atoms with Gasteiger partial charge in [-0.15, -0.1) is 0 Å². The Morgan fingerprint density at radius 3 is 3.00 bits per heavy atom. The monoisotopic (exact) mass is 114 g/mol. The lowest BCUT2D eigenvalue weighted by Gasteiger charge is -2.16. The van der Waals surface area contributed by atoms with Crippen molar-refractivity contribution in [3.63, 3.8) is 0 Å². The molecule has 0 aromatic rings. The van der Waals surface area contributed by atoms with E-state index in [1.54, 1.807) is 0 Å². The summed E-state index contributed by atoms with van der Waals surface area (Å²) in [6.45, 7) is 2.80. The van der Waals surface area contributed by atoms with Gasteiger partial charge in [-0.25, -0.2) is 4.99 Å². The molecule has 0 radical (unpaired) electrons. The van der Waals surface area contributed by atoms with Crippen LogP contribution in [0.25, 0.3) is 0 Å². The van der Waals surface area contributed by atoms with Crippen molar-refractivity contribution >= 4 is 6.02 Å². The number of amidine groups is 1. The van der Waals surface area contributed by atoms with E-state index in [2.05, 4.69) is 4.99 Å². The van der Waals surface area contributed by atoms with Crippen molar-refractivity contribution in [2.24, 2.45) is 10.7 Å². The smallest absolute Gasteiger partial charge is 0.282 e. The van der Waals surface area contributed by atoms with E-state index in [1.165, 1.54) is 0 Å². The predicted octanol–water partition coefficient (Wildman–Crippen LogP) is 0.110. The molecule has 0 saturated carbocycles. The van der Waals surface area contributed by atoms with Crippen molar-refractivity contribution in [2.75, 3.05) is 6.54 Å². The highest BCUT2D eigenvalue weighted by Gasteiger charge is 2.08. The molecule has 1 aliphatic rings. The lowest BCUT2D eigenvalue weighted by Crippen LogP contribution is -2.27. The van der Waals surface area contributed by atoms with Crippen LogP contribution < -0.4 is 5.73 Å². The second kappa shape index (κ2) is 2.03. The van der Waals surface area contributed by atoms with E-state index in [4.69, 9.17) is 10.5 Å². The number of hydrogen-bond acceptors (Lipinski definition) is 3. The molecule has 0 bridgehead atoms. The molecule has 0 aromatic heterocycles. The molecule has 0 aliphatic carbocycles. The van der Waals surface area contributed by atoms with Gasteiger partial charge >= 0.3 is 0 Å². The lowest BCUT2D eigenvalue weighted by atomic mass is 10.3. The van der Waals surface area contributed by atoms with E-state index >= 15 is 0 Å². The molecule has 1 aliphatic heterocycles. The summed E-state index contributed by atoms with van der Waals surface area (Å²) in [6, 6.07) is 0.337. The lowest BCUT2D eigenvalue weighted by molar-refractivity contribution is 0.182. The first-order valence-corrected chi connectivity index (χ1v) is 2.75. The molecule has 0 saturated heterocycles. The molecule has 2 N–H and O–H groups in total. The maximum absolute atomic E-state index is 5.25. The van der Waals surface area contributed by atoms with Crippen molar-refractivity contribution in [3.05, 3.63) is 0 Å². The minimum absolute atomic E-state index is 0.257. The number of hydrogen-bond donors (Lipinski definition) is 1. The summed E-state index contributed by atoms with van der Waals surface area (Å²) in [5.41, 5.74) is 5.25. The van der Waals surface area contributed by atoms with Crippen molar-refractivity contribution in [3.8, 4) is 0 Å². The number of rotatable bonds is 0. The molecular weight excluding hydrogens is 104 g/mol. The summed E-state index contributed by atoms with van der Waals surface area (Å²) in [4.78, 5) is 3.85. The molecule has 0 fully saturated rings. The zero-order valence-electron chi connectivity index (χ0n) is 4.92. The van der Waals surface area contributed by atoms with Gasteiger partial charge in [-0.3, -0.25) is 0 Å². The molecular formula is C5H10N2O. The first kappa shape index (κ1) is 5.41. The first-order chi connectivity index (χ1) is 3.79. The molecule has 46 valence electrons. The highest BCUT2D eigenvalue weighted by atomic mass is 16.5. The average Bonchev–Trinajstić information content (AvgIpc) is 1.64. The summed E-state index contributed by atoms with van der Waals surface area (Å²) in [7, 11) is 0. The van der Waals surface area contributed by atoms with Gasteiger partial charge in [0, 0.05) is 13.0 Å². The number of nitrogens with two attached hydrogens (primary N) is 1. The van der Waals surface area contributed by atoms with Gasteiger partial charge in [-0.05, 0) is 6.92 Å². The van der Waals surface area contributed by atoms with E-state index in [1.807, 2.05) is 6.92 Å². The minimum atomic E-state index is 0.257. The highest BCUT2D eigenvalue weighted by Crippen LogP contribution is 2.02. The number of aliphatic imine (C=N–C) groups is 1. The second-order valence-corrected chi connectivity index (χ2v) is 1.94. The van der Waals surface area contributed by atoms with Crippen LogP contribution in [0.15, 0.2) is 4.99 Å². The Morgan fingerprint density at radius 1 is 1.88 bits per heavy atom. The van der Waals surface area contributed by atoms with Crippen LogP contribution in [0.2, 0.25) is 0 Å². The average molecular weight is 114 g/mol. The molecule has 3 nitrogen and oxygen atoms in total. The van der Waals surface area contributed by atoms with Gasteiger partial charge in [-0.2, -0.15) is 0 Å². The van der Waals surface area contributed by atoms with Crippen LogP contribution in [0, 0.1) is 0 Å². The molecule has 1 rings (SSSR count). The summed E-state index contributed by atoms with van der Waals surface area (Å²) in [5.74, 6) is 0. The molecule has 1 heterocycles. The molecule has 0 aromatic carbocycles. The van der Waals surface area contributed by atoms with Crippen LogP contribution in [0.4, 0.5) is 0 Å². The topological polar surface area (TPSA) is 47.6 Å². The normalized spacial score (nSPS) is 28.6. The van der Waals surface area contributed by atoms with Crippen LogP contribution in [-0.2, 0) is 4.74 Å². The predicted molar refractivity (Wildman–Crippen MR) is 31.7 cm³/mol. The maximum atomic E-state index is 5.25. The highest BCUT2D eigenvalue weighted by molar-refractivity contribution is 5.71. The summed E-state index contributed by atoms with van der Waals surface area (Å²) in [5, 5.41) is 0. The fourth-order valence-corrected chi connectivity index (χ4v) is 0.659. The van der Waals surface area contributed by atoms with Crippen LogP contribution in [0.5, 0.6) is 0 Å². The van der Waals surface area contributed by atoms with E-state index < -0.39 is 0 Å². The molecule has 1 atom stereocenters. The van der Waals surface area contributed by atoms with Crippen LogP contribution >= 0.6 is 0 Å². The van der Waals surface area contributed by atoms with E-state index in [9.17, 15) is 0 Å². The van der Waals surface area contributed by atoms with Gasteiger partial charge in [0.25, 0.3) is 6.02 Å². The Hall–Kier alpha value is -0.730. The largest absolute Gasteiger partial charge is 0.462 e. The number of nitrogens with zero attached hydrogens (tertiary/aromatic N) is 1. The SMILES string of the molecule is CC1CCN=C(N)O1. The van der Waals surface area contributed by atoms with Gasteiger partial charge in [-0.1, -0.05) is 0 Å². The molecule has 0 spiro atoms. The zero-order chi connectivity index (χ0) is 5.98. The van der Waals surface area contributed by atoms with Gasteiger partial charge in [0.1, 0.15) is 6.10 Å². The van der Waals surface area contributed by atoms with E-state index in [0.717, 1.165) is 13.0 Å². The Labute approximate surface area is 48.5 Å². The first-order valence-electron chi connectivity index (χ1n) is 2.75. The fourth-order valence-electron chi connectivity index (χ4n) is 0.659. The van der Waals surface area contributed by atoms with Crippen LogP contribution in [-0.4, -0.2) is 18.7 Å². The van der Waals surface area contributed by atoms with Crippen molar-refractivity contribution in [2.45, 2.75) is 19.4 Å². The summed E-state index contributed by atoms with van der Waals surface area (Å²) >= 11 is 0. The van der Waals surface area contributed by atoms with Gasteiger partial charge in [0.2, 0.25) is 0 Å². The minimum Gasteiger partial charge on any atom is -0.462 e. The van der Waals surface area contributed by atoms with Crippen LogP contribution in [0.1, 0.15) is 13.3 Å². The Balaban J connectivity index is 2.45. The molecule has 1 unspecified atom stereocenters. The molecule has 0 amide bonds. The Bertz CT molecular complexity index is 111. The third-order valence-electron chi connectivity index (χ3n) is 1.13.